The molecule has 17 heavy (non-hydrogen) atoms. The van der Waals surface area contributed by atoms with Gasteiger partial charge in [0.15, 0.2) is 0 Å². The molecule has 0 fully saturated rings. The van der Waals surface area contributed by atoms with Crippen molar-refractivity contribution in [3.63, 3.8) is 0 Å². The van der Waals surface area contributed by atoms with Crippen LogP contribution < -0.4 is 4.72 Å². The van der Waals surface area contributed by atoms with E-state index in [1.165, 1.54) is 18.2 Å². The van der Waals surface area contributed by atoms with Crippen molar-refractivity contribution in [2.24, 2.45) is 0 Å². The lowest BCUT2D eigenvalue weighted by atomic mass is 10.1. The third-order valence-electron chi connectivity index (χ3n) is 1.95. The van der Waals surface area contributed by atoms with E-state index < -0.39 is 15.6 Å². The average Bonchev–Trinajstić information content (AvgIpc) is 2.14. The van der Waals surface area contributed by atoms with Gasteiger partial charge in [-0.05, 0) is 32.0 Å². The Morgan fingerprint density at radius 2 is 1.71 bits per heavy atom. The summed E-state index contributed by atoms with van der Waals surface area (Å²) in [6, 6.07) is 4.03. The highest BCUT2D eigenvalue weighted by Crippen LogP contribution is 2.23. The Bertz CT molecular complexity index is 494. The van der Waals surface area contributed by atoms with E-state index in [-0.39, 0.29) is 21.5 Å². The highest BCUT2D eigenvalue weighted by molar-refractivity contribution is 7.89. The van der Waals surface area contributed by atoms with Crippen molar-refractivity contribution in [3.05, 3.63) is 28.2 Å². The molecule has 2 N–H and O–H groups in total. The normalized spacial score (nSPS) is 12.8. The summed E-state index contributed by atoms with van der Waals surface area (Å²) >= 11 is 11.5. The number of halogens is 2. The Labute approximate surface area is 111 Å². The lowest BCUT2D eigenvalue weighted by molar-refractivity contribution is 0.208. The molecule has 0 saturated carbocycles. The van der Waals surface area contributed by atoms with Gasteiger partial charge in [0.2, 0.25) is 10.0 Å². The molecule has 1 rings (SSSR count). The number of aliphatic hydroxyl groups excluding tert-OH is 1. The van der Waals surface area contributed by atoms with Crippen LogP contribution in [0.2, 0.25) is 10.0 Å². The van der Waals surface area contributed by atoms with E-state index in [9.17, 15) is 8.42 Å². The molecule has 1 aromatic carbocycles. The summed E-state index contributed by atoms with van der Waals surface area (Å²) in [7, 11) is -3.75. The molecular weight excluding hydrogens is 285 g/mol. The molecule has 0 amide bonds. The number of hydrogen-bond acceptors (Lipinski definition) is 3. The van der Waals surface area contributed by atoms with Crippen LogP contribution in [-0.4, -0.2) is 25.7 Å². The monoisotopic (exact) mass is 297 g/mol. The zero-order valence-corrected chi connectivity index (χ0v) is 11.7. The fraction of sp³-hybridized carbons (Fsp3) is 0.400. The van der Waals surface area contributed by atoms with Crippen LogP contribution in [0.15, 0.2) is 23.1 Å². The molecule has 0 radical (unpaired) electrons. The van der Waals surface area contributed by atoms with Crippen LogP contribution in [0.1, 0.15) is 13.8 Å². The number of sulfonamides is 1. The van der Waals surface area contributed by atoms with Gasteiger partial charge in [-0.2, -0.15) is 0 Å². The first kappa shape index (κ1) is 14.7. The summed E-state index contributed by atoms with van der Waals surface area (Å²) in [4.78, 5) is -0.0310. The molecule has 1 aromatic rings. The van der Waals surface area contributed by atoms with Crippen LogP contribution in [-0.2, 0) is 10.0 Å². The summed E-state index contributed by atoms with van der Waals surface area (Å²) in [6.45, 7) is 2.81. The molecule has 0 aliphatic carbocycles. The second-order valence-corrected chi connectivity index (χ2v) is 6.81. The molecule has 4 nitrogen and oxygen atoms in total. The fourth-order valence-electron chi connectivity index (χ4n) is 1.14. The zero-order chi connectivity index (χ0) is 13.3. The third-order valence-corrected chi connectivity index (χ3v) is 4.07. The molecule has 0 aromatic heterocycles. The Kier molecular flexibility index (Phi) is 4.43. The van der Waals surface area contributed by atoms with E-state index in [0.717, 1.165) is 0 Å². The van der Waals surface area contributed by atoms with Crippen molar-refractivity contribution >= 4 is 33.2 Å². The molecule has 0 bridgehead atoms. The Hall–Kier alpha value is -0.330. The average molecular weight is 298 g/mol. The number of benzene rings is 1. The SMILES string of the molecule is CC(C)(CO)NS(=O)(=O)c1cc(Cl)cc(Cl)c1. The minimum Gasteiger partial charge on any atom is -0.394 e. The second kappa shape index (κ2) is 5.12. The first-order valence-corrected chi connectivity index (χ1v) is 7.01. The van der Waals surface area contributed by atoms with Gasteiger partial charge in [-0.25, -0.2) is 13.1 Å². The van der Waals surface area contributed by atoms with Crippen molar-refractivity contribution in [2.45, 2.75) is 24.3 Å². The first-order chi connectivity index (χ1) is 7.66. The van der Waals surface area contributed by atoms with Gasteiger partial charge in [0.1, 0.15) is 0 Å². The molecule has 96 valence electrons. The van der Waals surface area contributed by atoms with Gasteiger partial charge in [0.25, 0.3) is 0 Å². The molecule has 0 unspecified atom stereocenters. The highest BCUT2D eigenvalue weighted by Gasteiger charge is 2.25. The molecule has 0 spiro atoms. The number of nitrogens with one attached hydrogen (secondary N) is 1. The maximum atomic E-state index is 12.0. The third kappa shape index (κ3) is 4.12. The van der Waals surface area contributed by atoms with Gasteiger partial charge in [0.05, 0.1) is 17.0 Å². The number of rotatable bonds is 4. The molecule has 0 saturated heterocycles. The van der Waals surface area contributed by atoms with Crippen molar-refractivity contribution in [2.75, 3.05) is 6.61 Å². The van der Waals surface area contributed by atoms with Crippen LogP contribution in [0.4, 0.5) is 0 Å². The molecule has 0 atom stereocenters. The molecule has 0 aliphatic rings. The topological polar surface area (TPSA) is 66.4 Å². The van der Waals surface area contributed by atoms with E-state index in [4.69, 9.17) is 28.3 Å². The minimum absolute atomic E-state index is 0.0310. The Morgan fingerprint density at radius 1 is 1.24 bits per heavy atom. The Morgan fingerprint density at radius 3 is 2.12 bits per heavy atom. The summed E-state index contributed by atoms with van der Waals surface area (Å²) in [5.74, 6) is 0. The van der Waals surface area contributed by atoms with Gasteiger partial charge < -0.3 is 5.11 Å². The number of hydrogen-bond donors (Lipinski definition) is 2. The van der Waals surface area contributed by atoms with Gasteiger partial charge in [-0.1, -0.05) is 23.2 Å². The van der Waals surface area contributed by atoms with Crippen molar-refractivity contribution in [1.82, 2.24) is 4.72 Å². The second-order valence-electron chi connectivity index (χ2n) is 4.25. The van der Waals surface area contributed by atoms with Crippen molar-refractivity contribution in [3.8, 4) is 0 Å². The van der Waals surface area contributed by atoms with Gasteiger partial charge >= 0.3 is 0 Å². The van der Waals surface area contributed by atoms with Crippen molar-refractivity contribution < 1.29 is 13.5 Å². The van der Waals surface area contributed by atoms with Crippen molar-refractivity contribution in [1.29, 1.82) is 0 Å². The van der Waals surface area contributed by atoms with E-state index in [2.05, 4.69) is 4.72 Å². The molecule has 7 heteroatoms. The first-order valence-electron chi connectivity index (χ1n) is 4.77. The van der Waals surface area contributed by atoms with Crippen LogP contribution in [0.25, 0.3) is 0 Å². The predicted octanol–water partition coefficient (Wildman–Crippen LogP) is 2.04. The maximum absolute atomic E-state index is 12.0. The maximum Gasteiger partial charge on any atom is 0.241 e. The van der Waals surface area contributed by atoms with E-state index in [0.29, 0.717) is 0 Å². The summed E-state index contributed by atoms with van der Waals surface area (Å²) < 4.78 is 26.3. The van der Waals surface area contributed by atoms with Gasteiger partial charge in [-0.3, -0.25) is 0 Å². The summed E-state index contributed by atoms with van der Waals surface area (Å²) in [5, 5.41) is 9.51. The van der Waals surface area contributed by atoms with Crippen LogP contribution >= 0.6 is 23.2 Å². The summed E-state index contributed by atoms with van der Waals surface area (Å²) in [5.41, 5.74) is -0.951. The smallest absolute Gasteiger partial charge is 0.241 e. The van der Waals surface area contributed by atoms with Crippen LogP contribution in [0.3, 0.4) is 0 Å². The molecule has 0 aliphatic heterocycles. The largest absolute Gasteiger partial charge is 0.394 e. The number of aliphatic hydroxyl groups is 1. The lowest BCUT2D eigenvalue weighted by Gasteiger charge is -2.23. The predicted molar refractivity (Wildman–Crippen MR) is 67.9 cm³/mol. The Balaban J connectivity index is 3.14. The van der Waals surface area contributed by atoms with Gasteiger partial charge in [0, 0.05) is 10.0 Å². The molecular formula is C10H13Cl2NO3S. The zero-order valence-electron chi connectivity index (χ0n) is 9.37. The lowest BCUT2D eigenvalue weighted by Crippen LogP contribution is -2.46. The quantitative estimate of drug-likeness (QED) is 0.894. The van der Waals surface area contributed by atoms with Crippen LogP contribution in [0.5, 0.6) is 0 Å². The van der Waals surface area contributed by atoms with Crippen LogP contribution in [0, 0.1) is 0 Å². The van der Waals surface area contributed by atoms with E-state index in [1.54, 1.807) is 13.8 Å². The highest BCUT2D eigenvalue weighted by atomic mass is 35.5. The summed E-state index contributed by atoms with van der Waals surface area (Å²) in [6.07, 6.45) is 0. The van der Waals surface area contributed by atoms with E-state index in [1.807, 2.05) is 0 Å². The van der Waals surface area contributed by atoms with E-state index >= 15 is 0 Å². The molecule has 0 heterocycles. The van der Waals surface area contributed by atoms with Gasteiger partial charge in [-0.15, -0.1) is 0 Å². The minimum atomic E-state index is -3.75. The fourth-order valence-corrected chi connectivity index (χ4v) is 3.27. The standard InChI is InChI=1S/C10H13Cl2NO3S/c1-10(2,6-14)13-17(15,16)9-4-7(11)3-8(12)5-9/h3-5,13-14H,6H2,1-2H3.